The Morgan fingerprint density at radius 2 is 1.61 bits per heavy atom. The van der Waals surface area contributed by atoms with Gasteiger partial charge in [0.1, 0.15) is 17.2 Å². The summed E-state index contributed by atoms with van der Waals surface area (Å²) in [5, 5.41) is 0. The highest BCUT2D eigenvalue weighted by Crippen LogP contribution is 2.23. The Labute approximate surface area is 255 Å². The van der Waals surface area contributed by atoms with Gasteiger partial charge in [0.25, 0.3) is 0 Å². The highest BCUT2D eigenvalue weighted by molar-refractivity contribution is 7.92. The number of likely N-dealkylation sites (N-methyl/N-ethyl adjacent to an activating group) is 1. The minimum atomic E-state index is -3.79. The summed E-state index contributed by atoms with van der Waals surface area (Å²) in [6, 6.07) is 16.1. The van der Waals surface area contributed by atoms with E-state index in [-0.39, 0.29) is 41.6 Å². The van der Waals surface area contributed by atoms with Crippen molar-refractivity contribution in [1.82, 2.24) is 24.0 Å². The van der Waals surface area contributed by atoms with E-state index in [0.717, 1.165) is 20.6 Å². The van der Waals surface area contributed by atoms with E-state index in [1.54, 1.807) is 52.0 Å². The topological polar surface area (TPSA) is 172 Å². The monoisotopic (exact) mass is 623 g/mol. The third kappa shape index (κ3) is 7.43. The van der Waals surface area contributed by atoms with Crippen LogP contribution in [0, 0.1) is 0 Å². The summed E-state index contributed by atoms with van der Waals surface area (Å²) in [4.78, 5) is 51.0. The predicted molar refractivity (Wildman–Crippen MR) is 168 cm³/mol. The molecular weight excluding hydrogens is 586 g/mol. The lowest BCUT2D eigenvalue weighted by molar-refractivity contribution is -0.159. The van der Waals surface area contributed by atoms with Crippen LogP contribution in [0.1, 0.15) is 45.2 Å². The maximum Gasteiger partial charge on any atom is 0.339 e. The lowest BCUT2D eigenvalue weighted by Crippen LogP contribution is -2.49. The quantitative estimate of drug-likeness (QED) is 0.252. The van der Waals surface area contributed by atoms with Crippen LogP contribution in [0.4, 0.5) is 16.6 Å². The number of benzene rings is 2. The first-order valence-corrected chi connectivity index (χ1v) is 15.7. The Morgan fingerprint density at radius 1 is 1.02 bits per heavy atom. The summed E-state index contributed by atoms with van der Waals surface area (Å²) in [6.45, 7) is 6.87. The van der Waals surface area contributed by atoms with E-state index in [4.69, 9.17) is 10.5 Å². The molecule has 2 heterocycles. The van der Waals surface area contributed by atoms with Gasteiger partial charge in [-0.25, -0.2) is 27.4 Å². The number of hydrogen-bond acceptors (Lipinski definition) is 9. The smallest absolute Gasteiger partial charge is 0.339 e. The first-order chi connectivity index (χ1) is 20.7. The SMILES string of the molecule is CCCS(=O)(=O)Nc1nc(N)c2c(n1)n(Cc1ccccc1)c(=O)n2C(=O)N(C)[C@@H](Cc1ccccc1)C(=O)OC(C)(C)C. The number of nitrogen functional groups attached to an aromatic ring is 1. The number of fused-ring (bicyclic) bond motifs is 1. The van der Waals surface area contributed by atoms with Gasteiger partial charge in [0.2, 0.25) is 16.0 Å². The second-order valence-electron chi connectivity index (χ2n) is 11.3. The summed E-state index contributed by atoms with van der Waals surface area (Å²) in [5.74, 6) is -1.47. The van der Waals surface area contributed by atoms with Crippen molar-refractivity contribution >= 4 is 45.0 Å². The number of hydrogen-bond donors (Lipinski definition) is 2. The molecule has 0 aliphatic heterocycles. The van der Waals surface area contributed by atoms with Crippen molar-refractivity contribution in [1.29, 1.82) is 0 Å². The van der Waals surface area contributed by atoms with Crippen LogP contribution in [0.5, 0.6) is 0 Å². The molecule has 3 N–H and O–H groups in total. The van der Waals surface area contributed by atoms with E-state index in [1.165, 1.54) is 11.6 Å². The van der Waals surface area contributed by atoms with E-state index in [2.05, 4.69) is 14.7 Å². The second-order valence-corrected chi connectivity index (χ2v) is 13.2. The molecular formula is C30H37N7O6S. The zero-order chi connectivity index (χ0) is 32.2. The normalized spacial score (nSPS) is 12.6. The van der Waals surface area contributed by atoms with E-state index < -0.39 is 39.4 Å². The summed E-state index contributed by atoms with van der Waals surface area (Å²) in [5.41, 5.74) is 5.97. The van der Waals surface area contributed by atoms with Crippen molar-refractivity contribution in [2.75, 3.05) is 23.3 Å². The third-order valence-corrected chi connectivity index (χ3v) is 8.05. The number of rotatable bonds is 10. The minimum absolute atomic E-state index is 0.00270. The zero-order valence-electron chi connectivity index (χ0n) is 25.4. The number of nitrogens with two attached hydrogens (primary N) is 1. The molecule has 13 nitrogen and oxygen atoms in total. The van der Waals surface area contributed by atoms with Gasteiger partial charge in [-0.15, -0.1) is 0 Å². The molecule has 4 aromatic rings. The van der Waals surface area contributed by atoms with Crippen molar-refractivity contribution < 1.29 is 22.7 Å². The molecule has 1 atom stereocenters. The fraction of sp³-hybridized carbons (Fsp3) is 0.367. The minimum Gasteiger partial charge on any atom is -0.458 e. The number of carbonyl (C=O) groups is 2. The average molecular weight is 624 g/mol. The van der Waals surface area contributed by atoms with Crippen LogP contribution in [0.2, 0.25) is 0 Å². The number of anilines is 2. The van der Waals surface area contributed by atoms with Gasteiger partial charge >= 0.3 is 17.7 Å². The van der Waals surface area contributed by atoms with E-state index in [9.17, 15) is 22.8 Å². The number of esters is 1. The van der Waals surface area contributed by atoms with Crippen LogP contribution in [-0.2, 0) is 32.5 Å². The van der Waals surface area contributed by atoms with Gasteiger partial charge in [0, 0.05) is 13.5 Å². The summed E-state index contributed by atoms with van der Waals surface area (Å²) >= 11 is 0. The van der Waals surface area contributed by atoms with Crippen molar-refractivity contribution in [3.8, 4) is 0 Å². The number of imidazole rings is 1. The Kier molecular flexibility index (Phi) is 9.42. The highest BCUT2D eigenvalue weighted by atomic mass is 32.2. The molecule has 2 aromatic heterocycles. The van der Waals surface area contributed by atoms with Gasteiger partial charge in [-0.2, -0.15) is 9.97 Å². The molecule has 0 spiro atoms. The maximum absolute atomic E-state index is 14.1. The Balaban J connectivity index is 1.86. The summed E-state index contributed by atoms with van der Waals surface area (Å²) in [7, 11) is -2.39. The number of nitrogens with zero attached hydrogens (tertiary/aromatic N) is 5. The fourth-order valence-corrected chi connectivity index (χ4v) is 5.65. The summed E-state index contributed by atoms with van der Waals surface area (Å²) < 4.78 is 34.9. The first kappa shape index (κ1) is 32.2. The van der Waals surface area contributed by atoms with Crippen molar-refractivity contribution in [3.05, 3.63) is 82.3 Å². The molecule has 14 heteroatoms. The molecule has 0 radical (unpaired) electrons. The van der Waals surface area contributed by atoms with Gasteiger partial charge in [-0.3, -0.25) is 9.29 Å². The standard InChI is InChI=1S/C30H37N7O6S/c1-6-17-44(41,42)34-27-32-24(31)23-25(33-27)36(19-21-15-11-8-12-16-21)29(40)37(23)28(39)35(5)22(26(38)43-30(2,3)4)18-20-13-9-7-10-14-20/h7-16,22H,6,17-19H2,1-5H3,(H3,31,32,33,34)/t22-/m0/s1. The van der Waals surface area contributed by atoms with Crippen LogP contribution >= 0.6 is 0 Å². The largest absolute Gasteiger partial charge is 0.458 e. The van der Waals surface area contributed by atoms with Crippen molar-refractivity contribution in [3.63, 3.8) is 0 Å². The molecule has 1 amide bonds. The zero-order valence-corrected chi connectivity index (χ0v) is 26.2. The van der Waals surface area contributed by atoms with Crippen molar-refractivity contribution in [2.24, 2.45) is 0 Å². The van der Waals surface area contributed by atoms with Gasteiger partial charge < -0.3 is 15.4 Å². The molecule has 0 fully saturated rings. The van der Waals surface area contributed by atoms with Crippen LogP contribution in [0.25, 0.3) is 11.2 Å². The lowest BCUT2D eigenvalue weighted by Gasteiger charge is -2.30. The Hall–Kier alpha value is -4.72. The summed E-state index contributed by atoms with van der Waals surface area (Å²) in [6.07, 6.45) is 0.468. The van der Waals surface area contributed by atoms with Crippen LogP contribution in [-0.4, -0.2) is 68.9 Å². The van der Waals surface area contributed by atoms with E-state index >= 15 is 0 Å². The molecule has 234 valence electrons. The number of carbonyl (C=O) groups excluding carboxylic acids is 2. The van der Waals surface area contributed by atoms with Gasteiger partial charge in [-0.1, -0.05) is 67.6 Å². The molecule has 0 aliphatic rings. The molecule has 4 rings (SSSR count). The van der Waals surface area contributed by atoms with Crippen LogP contribution in [0.15, 0.2) is 65.5 Å². The number of amides is 1. The number of aromatic nitrogens is 4. The molecule has 0 saturated heterocycles. The van der Waals surface area contributed by atoms with Gasteiger partial charge in [-0.05, 0) is 38.3 Å². The number of ether oxygens (including phenoxy) is 1. The van der Waals surface area contributed by atoms with E-state index in [0.29, 0.717) is 6.42 Å². The van der Waals surface area contributed by atoms with Gasteiger partial charge in [0.15, 0.2) is 11.5 Å². The van der Waals surface area contributed by atoms with Gasteiger partial charge in [0.05, 0.1) is 12.3 Å². The second kappa shape index (κ2) is 12.9. The fourth-order valence-electron chi connectivity index (χ4n) is 4.64. The molecule has 0 saturated carbocycles. The number of nitrogens with one attached hydrogen (secondary N) is 1. The molecule has 2 aromatic carbocycles. The number of sulfonamides is 1. The molecule has 0 bridgehead atoms. The predicted octanol–water partition coefficient (Wildman–Crippen LogP) is 3.23. The van der Waals surface area contributed by atoms with Crippen molar-refractivity contribution in [2.45, 2.75) is 58.7 Å². The van der Waals surface area contributed by atoms with E-state index in [1.807, 2.05) is 36.4 Å². The maximum atomic E-state index is 14.1. The molecule has 44 heavy (non-hydrogen) atoms. The molecule has 0 unspecified atom stereocenters. The lowest BCUT2D eigenvalue weighted by atomic mass is 10.0. The average Bonchev–Trinajstić information content (AvgIpc) is 3.22. The van der Waals surface area contributed by atoms with Crippen LogP contribution in [0.3, 0.4) is 0 Å². The first-order valence-electron chi connectivity index (χ1n) is 14.1. The molecule has 0 aliphatic carbocycles. The Morgan fingerprint density at radius 3 is 2.18 bits per heavy atom. The third-order valence-electron chi connectivity index (χ3n) is 6.61. The highest BCUT2D eigenvalue weighted by Gasteiger charge is 2.35. The van der Waals surface area contributed by atoms with Crippen LogP contribution < -0.4 is 16.1 Å². The Bertz CT molecular complexity index is 1810.